The summed E-state index contributed by atoms with van der Waals surface area (Å²) in [5, 5.41) is 15.2. The fourth-order valence-electron chi connectivity index (χ4n) is 2.65. The molecule has 10 heteroatoms. The number of nitrogens with one attached hydrogen (secondary N) is 2. The van der Waals surface area contributed by atoms with Gasteiger partial charge in [-0.05, 0) is 18.2 Å². The quantitative estimate of drug-likeness (QED) is 0.535. The van der Waals surface area contributed by atoms with Crippen LogP contribution in [0.3, 0.4) is 0 Å². The predicted octanol–water partition coefficient (Wildman–Crippen LogP) is 0.349. The maximum absolute atomic E-state index is 12.4. The molecule has 0 saturated carbocycles. The molecule has 3 aromatic rings. The van der Waals surface area contributed by atoms with Gasteiger partial charge in [0.15, 0.2) is 11.5 Å². The molecule has 1 amide bonds. The Kier molecular flexibility index (Phi) is 5.02. The molecule has 1 aliphatic rings. The summed E-state index contributed by atoms with van der Waals surface area (Å²) in [6.45, 7) is -0.279. The minimum atomic E-state index is -0.894. The first-order chi connectivity index (χ1) is 13.7. The van der Waals surface area contributed by atoms with Gasteiger partial charge in [0.25, 0.3) is 6.29 Å². The van der Waals surface area contributed by atoms with E-state index in [-0.39, 0.29) is 6.54 Å². The van der Waals surface area contributed by atoms with E-state index < -0.39 is 24.8 Å². The zero-order chi connectivity index (χ0) is 19.3. The SMILES string of the molecule is O=C(NCC1Oc2ccccc2O1)C(CO)Nc1ccnc(-n2ccnc2)n1. The van der Waals surface area contributed by atoms with Gasteiger partial charge in [-0.25, -0.2) is 9.97 Å². The van der Waals surface area contributed by atoms with E-state index in [1.165, 1.54) is 0 Å². The van der Waals surface area contributed by atoms with Crippen molar-refractivity contribution < 1.29 is 19.4 Å². The first-order valence-electron chi connectivity index (χ1n) is 8.62. The van der Waals surface area contributed by atoms with Crippen molar-refractivity contribution in [3.05, 3.63) is 55.2 Å². The second-order valence-corrected chi connectivity index (χ2v) is 5.95. The second kappa shape index (κ2) is 7.92. The number of rotatable bonds is 7. The monoisotopic (exact) mass is 382 g/mol. The summed E-state index contributed by atoms with van der Waals surface area (Å²) in [6.07, 6.45) is 5.81. The van der Waals surface area contributed by atoms with Crippen molar-refractivity contribution in [1.82, 2.24) is 24.8 Å². The van der Waals surface area contributed by atoms with Gasteiger partial charge in [-0.15, -0.1) is 0 Å². The number of nitrogens with zero attached hydrogens (tertiary/aromatic N) is 4. The van der Waals surface area contributed by atoms with E-state index in [9.17, 15) is 9.90 Å². The van der Waals surface area contributed by atoms with Crippen molar-refractivity contribution in [2.24, 2.45) is 0 Å². The van der Waals surface area contributed by atoms with E-state index >= 15 is 0 Å². The molecule has 1 unspecified atom stereocenters. The Morgan fingerprint density at radius 1 is 1.21 bits per heavy atom. The van der Waals surface area contributed by atoms with Gasteiger partial charge >= 0.3 is 0 Å². The minimum Gasteiger partial charge on any atom is -0.449 e. The van der Waals surface area contributed by atoms with Crippen LogP contribution in [-0.2, 0) is 4.79 Å². The van der Waals surface area contributed by atoms with Gasteiger partial charge in [0, 0.05) is 18.6 Å². The summed E-state index contributed by atoms with van der Waals surface area (Å²) in [5.41, 5.74) is 0. The number of hydrogen-bond donors (Lipinski definition) is 3. The number of amides is 1. The van der Waals surface area contributed by atoms with Gasteiger partial charge < -0.3 is 25.2 Å². The summed E-state index contributed by atoms with van der Waals surface area (Å²) in [4.78, 5) is 24.8. The summed E-state index contributed by atoms with van der Waals surface area (Å²) >= 11 is 0. The molecule has 0 fully saturated rings. The maximum atomic E-state index is 12.4. The number of imidazole rings is 1. The van der Waals surface area contributed by atoms with E-state index in [4.69, 9.17) is 9.47 Å². The van der Waals surface area contributed by atoms with Gasteiger partial charge in [0.2, 0.25) is 11.9 Å². The van der Waals surface area contributed by atoms with Crippen LogP contribution in [0.2, 0.25) is 0 Å². The number of hydrogen-bond acceptors (Lipinski definition) is 8. The van der Waals surface area contributed by atoms with Crippen LogP contribution in [0.15, 0.2) is 55.2 Å². The van der Waals surface area contributed by atoms with Crippen molar-refractivity contribution >= 4 is 11.7 Å². The van der Waals surface area contributed by atoms with Gasteiger partial charge in [-0.1, -0.05) is 12.1 Å². The molecule has 10 nitrogen and oxygen atoms in total. The van der Waals surface area contributed by atoms with E-state index in [0.717, 1.165) is 0 Å². The number of benzene rings is 1. The molecule has 1 atom stereocenters. The lowest BCUT2D eigenvalue weighted by atomic mass is 10.3. The summed E-state index contributed by atoms with van der Waals surface area (Å²) in [7, 11) is 0. The van der Waals surface area contributed by atoms with Crippen LogP contribution < -0.4 is 20.1 Å². The van der Waals surface area contributed by atoms with Crippen LogP contribution in [0.1, 0.15) is 0 Å². The Hall–Kier alpha value is -3.66. The molecule has 3 heterocycles. The molecule has 0 radical (unpaired) electrons. The molecule has 144 valence electrons. The number of carbonyl (C=O) groups excluding carboxylic acids is 1. The topological polar surface area (TPSA) is 123 Å². The van der Waals surface area contributed by atoms with Crippen LogP contribution in [0.5, 0.6) is 11.5 Å². The third-order valence-electron chi connectivity index (χ3n) is 4.01. The lowest BCUT2D eigenvalue weighted by Gasteiger charge is -2.18. The molecule has 0 aliphatic carbocycles. The number of para-hydroxylation sites is 2. The Morgan fingerprint density at radius 3 is 2.68 bits per heavy atom. The zero-order valence-corrected chi connectivity index (χ0v) is 14.7. The van der Waals surface area contributed by atoms with Crippen molar-refractivity contribution in [2.45, 2.75) is 12.3 Å². The number of anilines is 1. The van der Waals surface area contributed by atoms with E-state index in [2.05, 4.69) is 25.6 Å². The third-order valence-corrected chi connectivity index (χ3v) is 4.01. The van der Waals surface area contributed by atoms with Crippen molar-refractivity contribution in [3.63, 3.8) is 0 Å². The number of aliphatic hydroxyl groups excluding tert-OH is 1. The third kappa shape index (κ3) is 3.86. The normalized spacial score (nSPS) is 13.9. The molecular formula is C18H18N6O4. The molecule has 2 aromatic heterocycles. The van der Waals surface area contributed by atoms with Crippen LogP contribution in [-0.4, -0.2) is 56.0 Å². The maximum Gasteiger partial charge on any atom is 0.258 e. The minimum absolute atomic E-state index is 0.135. The first kappa shape index (κ1) is 17.7. The highest BCUT2D eigenvalue weighted by Gasteiger charge is 2.25. The Balaban J connectivity index is 1.34. The highest BCUT2D eigenvalue weighted by Crippen LogP contribution is 2.33. The van der Waals surface area contributed by atoms with Gasteiger partial charge in [0.05, 0.1) is 13.2 Å². The number of aliphatic hydroxyl groups is 1. The lowest BCUT2D eigenvalue weighted by molar-refractivity contribution is -0.123. The Labute approximate surface area is 160 Å². The fraction of sp³-hybridized carbons (Fsp3) is 0.222. The molecule has 3 N–H and O–H groups in total. The number of fused-ring (bicyclic) bond motifs is 1. The smallest absolute Gasteiger partial charge is 0.258 e. The molecule has 28 heavy (non-hydrogen) atoms. The molecule has 0 saturated heterocycles. The second-order valence-electron chi connectivity index (χ2n) is 5.95. The molecule has 1 aliphatic heterocycles. The average molecular weight is 382 g/mol. The first-order valence-corrected chi connectivity index (χ1v) is 8.62. The Bertz CT molecular complexity index is 924. The van der Waals surface area contributed by atoms with Gasteiger partial charge in [-0.3, -0.25) is 9.36 Å². The van der Waals surface area contributed by atoms with Crippen molar-refractivity contribution in [2.75, 3.05) is 18.5 Å². The standard InChI is InChI=1S/C18H18N6O4/c25-10-12(22-15-5-6-20-18(23-15)24-8-7-19-11-24)17(26)21-9-16-27-13-3-1-2-4-14(13)28-16/h1-8,11-12,16,25H,9-10H2,(H,21,26)(H,20,22,23). The van der Waals surface area contributed by atoms with Crippen molar-refractivity contribution in [1.29, 1.82) is 0 Å². The summed E-state index contributed by atoms with van der Waals surface area (Å²) in [5.74, 6) is 1.64. The Morgan fingerprint density at radius 2 is 2.00 bits per heavy atom. The highest BCUT2D eigenvalue weighted by atomic mass is 16.7. The number of ether oxygens (including phenoxy) is 2. The van der Waals surface area contributed by atoms with E-state index in [1.54, 1.807) is 47.7 Å². The highest BCUT2D eigenvalue weighted by molar-refractivity contribution is 5.84. The van der Waals surface area contributed by atoms with Crippen molar-refractivity contribution in [3.8, 4) is 17.4 Å². The molecule has 4 rings (SSSR count). The van der Waals surface area contributed by atoms with E-state index in [0.29, 0.717) is 23.3 Å². The number of aromatic nitrogens is 4. The van der Waals surface area contributed by atoms with Gasteiger partial charge in [0.1, 0.15) is 18.2 Å². The largest absolute Gasteiger partial charge is 0.449 e. The molecule has 0 bridgehead atoms. The van der Waals surface area contributed by atoms with Crippen LogP contribution in [0.25, 0.3) is 5.95 Å². The van der Waals surface area contributed by atoms with Crippen LogP contribution in [0, 0.1) is 0 Å². The molecule has 0 spiro atoms. The predicted molar refractivity (Wildman–Crippen MR) is 98.1 cm³/mol. The molecule has 1 aromatic carbocycles. The number of carbonyl (C=O) groups is 1. The summed E-state index contributed by atoms with van der Waals surface area (Å²) in [6, 6.07) is 7.98. The van der Waals surface area contributed by atoms with Gasteiger partial charge in [-0.2, -0.15) is 4.98 Å². The average Bonchev–Trinajstić information content (AvgIpc) is 3.40. The van der Waals surface area contributed by atoms with Crippen LogP contribution in [0.4, 0.5) is 5.82 Å². The molecular weight excluding hydrogens is 364 g/mol. The van der Waals surface area contributed by atoms with Crippen LogP contribution >= 0.6 is 0 Å². The van der Waals surface area contributed by atoms with E-state index in [1.807, 2.05) is 12.1 Å². The fourth-order valence-corrected chi connectivity index (χ4v) is 2.65. The lowest BCUT2D eigenvalue weighted by Crippen LogP contribution is -2.46. The summed E-state index contributed by atoms with van der Waals surface area (Å²) < 4.78 is 12.8. The zero-order valence-electron chi connectivity index (χ0n) is 14.7.